The predicted octanol–water partition coefficient (Wildman–Crippen LogP) is -2.52. The van der Waals surface area contributed by atoms with Gasteiger partial charge in [-0.15, -0.1) is 0 Å². The first-order valence-corrected chi connectivity index (χ1v) is 22.5. The number of carbonyl (C=O) groups excluding carboxylic acids is 7. The van der Waals surface area contributed by atoms with E-state index >= 15 is 0 Å². The summed E-state index contributed by atoms with van der Waals surface area (Å²) in [4.78, 5) is 116. The summed E-state index contributed by atoms with van der Waals surface area (Å²) >= 11 is 0. The molecule has 2 aromatic rings. The molecule has 7 atom stereocenters. The van der Waals surface area contributed by atoms with Gasteiger partial charge in [0.2, 0.25) is 41.4 Å². The van der Waals surface area contributed by atoms with Crippen molar-refractivity contribution in [1.82, 2.24) is 36.0 Å². The van der Waals surface area contributed by atoms with E-state index in [1.54, 1.807) is 54.6 Å². The first-order valence-electron chi connectivity index (χ1n) is 22.5. The Morgan fingerprint density at radius 1 is 0.731 bits per heavy atom. The van der Waals surface area contributed by atoms with Crippen molar-refractivity contribution in [2.24, 2.45) is 22.2 Å². The Kier molecular flexibility index (Phi) is 18.8. The van der Waals surface area contributed by atoms with Gasteiger partial charge in [0, 0.05) is 39.0 Å². The smallest absolute Gasteiger partial charge is 0.326 e. The number of benzene rings is 2. The van der Waals surface area contributed by atoms with Crippen molar-refractivity contribution >= 4 is 53.3 Å². The second kappa shape index (κ2) is 24.6. The van der Waals surface area contributed by atoms with E-state index in [2.05, 4.69) is 26.3 Å². The van der Waals surface area contributed by atoms with Crippen molar-refractivity contribution in [3.05, 3.63) is 65.7 Å². The molecular formula is C45H63N11O11. The number of amides is 7. The van der Waals surface area contributed by atoms with E-state index in [1.165, 1.54) is 21.8 Å². The van der Waals surface area contributed by atoms with Crippen LogP contribution in [0.25, 0.3) is 0 Å². The van der Waals surface area contributed by atoms with Crippen LogP contribution in [0.2, 0.25) is 0 Å². The summed E-state index contributed by atoms with van der Waals surface area (Å²) in [5, 5.41) is 30.4. The summed E-state index contributed by atoms with van der Waals surface area (Å²) in [6.07, 6.45) is 3.10. The molecular weight excluding hydrogens is 871 g/mol. The fourth-order valence-electron chi connectivity index (χ4n) is 8.65. The van der Waals surface area contributed by atoms with Crippen LogP contribution >= 0.6 is 0 Å². The van der Waals surface area contributed by atoms with Gasteiger partial charge in [-0.2, -0.15) is 0 Å². The number of carbonyl (C=O) groups is 8. The predicted molar refractivity (Wildman–Crippen MR) is 242 cm³/mol. The maximum absolute atomic E-state index is 13.9. The number of hydrogen-bond donors (Lipinski definition) is 9. The molecule has 3 saturated heterocycles. The summed E-state index contributed by atoms with van der Waals surface area (Å²) < 4.78 is 5.23. The number of ether oxygens (including phenoxy) is 1. The number of nitrogens with one attached hydrogen (secondary N) is 4. The molecule has 67 heavy (non-hydrogen) atoms. The lowest BCUT2D eigenvalue weighted by atomic mass is 10.0. The molecule has 0 unspecified atom stereocenters. The molecule has 0 bridgehead atoms. The molecule has 22 heteroatoms. The Labute approximate surface area is 388 Å². The topological polar surface area (TPSA) is 335 Å². The number of rotatable bonds is 22. The van der Waals surface area contributed by atoms with E-state index in [-0.39, 0.29) is 44.2 Å². The largest absolute Gasteiger partial charge is 0.497 e. The fourth-order valence-corrected chi connectivity index (χ4v) is 8.65. The molecule has 0 saturated carbocycles. The minimum atomic E-state index is -1.54. The normalized spacial score (nSPS) is 19.6. The minimum absolute atomic E-state index is 0.00565. The molecule has 3 aliphatic rings. The van der Waals surface area contributed by atoms with E-state index in [4.69, 9.17) is 21.9 Å². The van der Waals surface area contributed by atoms with Crippen molar-refractivity contribution in [2.45, 2.75) is 107 Å². The molecule has 5 rings (SSSR count). The Bertz CT molecular complexity index is 2100. The highest BCUT2D eigenvalue weighted by Gasteiger charge is 2.43. The van der Waals surface area contributed by atoms with Gasteiger partial charge in [0.05, 0.1) is 26.3 Å². The number of carboxylic acid groups (broad SMARTS) is 1. The van der Waals surface area contributed by atoms with Crippen LogP contribution in [0, 0.1) is 0 Å². The highest BCUT2D eigenvalue weighted by atomic mass is 16.5. The van der Waals surface area contributed by atoms with Crippen LogP contribution in [0.1, 0.15) is 62.5 Å². The van der Waals surface area contributed by atoms with Gasteiger partial charge in [-0.25, -0.2) is 4.79 Å². The van der Waals surface area contributed by atoms with Crippen molar-refractivity contribution in [1.29, 1.82) is 0 Å². The molecule has 12 N–H and O–H groups in total. The van der Waals surface area contributed by atoms with Crippen LogP contribution in [0.3, 0.4) is 0 Å². The van der Waals surface area contributed by atoms with Gasteiger partial charge in [-0.1, -0.05) is 42.5 Å². The number of likely N-dealkylation sites (tertiary alicyclic amines) is 3. The summed E-state index contributed by atoms with van der Waals surface area (Å²) in [5.74, 6) is -5.27. The van der Waals surface area contributed by atoms with E-state index in [9.17, 15) is 48.6 Å². The summed E-state index contributed by atoms with van der Waals surface area (Å²) in [5.41, 5.74) is 18.2. The van der Waals surface area contributed by atoms with Gasteiger partial charge in [0.15, 0.2) is 5.96 Å². The van der Waals surface area contributed by atoms with Crippen molar-refractivity contribution in [3.63, 3.8) is 0 Å². The second-order valence-electron chi connectivity index (χ2n) is 16.8. The molecule has 3 aliphatic heterocycles. The SMILES string of the molecule is COc1ccc(C[C@H](NC(=O)CNC(=O)[C@@H]2CCCN2C(=O)[C@@H]2CCCN2C(=O)[C@@H](N)CCCN=C(N)N)C(=O)N[C@@H](CO)C(=O)N2CCC[C@H]2C(=O)N[C@@H](Cc2ccccc2)C(=O)O)cc1. The maximum Gasteiger partial charge on any atom is 0.326 e. The molecule has 3 heterocycles. The maximum atomic E-state index is 13.9. The minimum Gasteiger partial charge on any atom is -0.497 e. The monoisotopic (exact) mass is 933 g/mol. The molecule has 0 spiro atoms. The Morgan fingerprint density at radius 3 is 1.93 bits per heavy atom. The number of aliphatic hydroxyl groups excluding tert-OH is 1. The third kappa shape index (κ3) is 14.1. The van der Waals surface area contributed by atoms with Gasteiger partial charge in [-0.3, -0.25) is 38.6 Å². The van der Waals surface area contributed by atoms with Crippen molar-refractivity contribution in [3.8, 4) is 5.75 Å². The quantitative estimate of drug-likeness (QED) is 0.0335. The molecule has 22 nitrogen and oxygen atoms in total. The van der Waals surface area contributed by atoms with E-state index in [0.29, 0.717) is 74.9 Å². The number of nitrogens with zero attached hydrogens (tertiary/aromatic N) is 4. The average Bonchev–Trinajstić information content (AvgIpc) is 4.13. The van der Waals surface area contributed by atoms with Crippen molar-refractivity contribution in [2.75, 3.05) is 46.4 Å². The third-order valence-corrected chi connectivity index (χ3v) is 12.2. The highest BCUT2D eigenvalue weighted by Crippen LogP contribution is 2.26. The molecule has 0 aromatic heterocycles. The lowest BCUT2D eigenvalue weighted by molar-refractivity contribution is -0.147. The number of aliphatic hydroxyl groups is 1. The zero-order valence-corrected chi connectivity index (χ0v) is 37.6. The second-order valence-corrected chi connectivity index (χ2v) is 16.8. The Balaban J connectivity index is 1.20. The third-order valence-electron chi connectivity index (χ3n) is 12.2. The lowest BCUT2D eigenvalue weighted by Gasteiger charge is -2.32. The standard InChI is InChI=1S/C45H63N11O11/c1-67-29-17-15-28(16-18-29)23-31(38(59)53-33(26-57)42(63)54-20-7-13-35(54)40(61)52-32(44(65)66)24-27-9-3-2-4-10-27)51-37(58)25-50-39(60)34-12-6-21-55(34)43(64)36-14-8-22-56(36)41(62)30(46)11-5-19-49-45(47)48/h2-4,9-10,15-18,30-36,57H,5-8,11-14,19-26,46H2,1H3,(H,50,60)(H,51,58)(H,52,61)(H,53,59)(H,65,66)(H4,47,48,49)/t30-,31-,32-,33-,34-,35-,36-/m0/s1. The van der Waals surface area contributed by atoms with Crippen LogP contribution in [-0.4, -0.2) is 167 Å². The molecule has 7 amide bonds. The van der Waals surface area contributed by atoms with Crippen LogP contribution in [0.15, 0.2) is 59.6 Å². The zero-order chi connectivity index (χ0) is 48.6. The number of carboxylic acids is 1. The summed E-state index contributed by atoms with van der Waals surface area (Å²) in [6, 6.07) is 7.56. The number of aliphatic carboxylic acids is 1. The first kappa shape index (κ1) is 51.2. The first-order chi connectivity index (χ1) is 32.1. The summed E-state index contributed by atoms with van der Waals surface area (Å²) in [6.45, 7) is -0.447. The van der Waals surface area contributed by atoms with Crippen molar-refractivity contribution < 1.29 is 53.3 Å². The summed E-state index contributed by atoms with van der Waals surface area (Å²) in [7, 11) is 1.48. The lowest BCUT2D eigenvalue weighted by Crippen LogP contribution is -2.59. The van der Waals surface area contributed by atoms with E-state index in [1.807, 2.05) is 0 Å². The molecule has 364 valence electrons. The highest BCUT2D eigenvalue weighted by molar-refractivity contribution is 5.97. The van der Waals surface area contributed by atoms with E-state index < -0.39 is 96.9 Å². The van der Waals surface area contributed by atoms with Gasteiger partial charge in [-0.05, 0) is 74.6 Å². The molecule has 0 aliphatic carbocycles. The average molecular weight is 934 g/mol. The Hall–Kier alpha value is -6.81. The molecule has 0 radical (unpaired) electrons. The van der Waals surface area contributed by atoms with Gasteiger partial charge < -0.3 is 68.1 Å². The van der Waals surface area contributed by atoms with Gasteiger partial charge in [0.1, 0.15) is 42.0 Å². The van der Waals surface area contributed by atoms with Gasteiger partial charge in [0.25, 0.3) is 0 Å². The van der Waals surface area contributed by atoms with Crippen LogP contribution in [0.5, 0.6) is 5.75 Å². The molecule has 2 aromatic carbocycles. The number of guanidine groups is 1. The number of nitrogens with two attached hydrogens (primary N) is 3. The zero-order valence-electron chi connectivity index (χ0n) is 37.6. The van der Waals surface area contributed by atoms with Crippen LogP contribution < -0.4 is 43.2 Å². The number of aliphatic imine (C=N–C) groups is 1. The molecule has 3 fully saturated rings. The van der Waals surface area contributed by atoms with E-state index in [0.717, 1.165) is 0 Å². The van der Waals surface area contributed by atoms with Crippen LogP contribution in [-0.2, 0) is 51.2 Å². The number of hydrogen-bond acceptors (Lipinski definition) is 12. The van der Waals surface area contributed by atoms with Crippen LogP contribution in [0.4, 0.5) is 0 Å². The fraction of sp³-hybridized carbons (Fsp3) is 0.533. The number of methoxy groups -OCH3 is 1. The Morgan fingerprint density at radius 2 is 1.31 bits per heavy atom. The van der Waals surface area contributed by atoms with Gasteiger partial charge >= 0.3 is 5.97 Å².